The van der Waals surface area contributed by atoms with E-state index in [0.717, 1.165) is 24.8 Å². The zero-order chi connectivity index (χ0) is 17.8. The van der Waals surface area contributed by atoms with E-state index in [-0.39, 0.29) is 0 Å². The van der Waals surface area contributed by atoms with E-state index in [1.807, 2.05) is 30.3 Å². The minimum Gasteiger partial charge on any atom is -0.374 e. The van der Waals surface area contributed by atoms with Gasteiger partial charge in [0.25, 0.3) is 0 Å². The van der Waals surface area contributed by atoms with Gasteiger partial charge in [-0.15, -0.1) is 0 Å². The number of aliphatic hydroxyl groups is 1. The van der Waals surface area contributed by atoms with E-state index in [4.69, 9.17) is 5.73 Å². The highest BCUT2D eigenvalue weighted by Crippen LogP contribution is 2.11. The Morgan fingerprint density at radius 1 is 1.08 bits per heavy atom. The number of carbonyl (C=O) groups excluding carboxylic acids is 2. The number of amides is 2. The number of nitrogens with two attached hydrogens (primary N) is 1. The molecule has 1 aromatic carbocycles. The zero-order valence-corrected chi connectivity index (χ0v) is 14.5. The number of aryl methyl sites for hydroxylation is 1. The summed E-state index contributed by atoms with van der Waals surface area (Å²) in [6.45, 7) is 2.15. The maximum Gasteiger partial charge on any atom is 0.234 e. The summed E-state index contributed by atoms with van der Waals surface area (Å²) >= 11 is 0. The molecule has 0 spiro atoms. The lowest BCUT2D eigenvalue weighted by Gasteiger charge is -2.17. The van der Waals surface area contributed by atoms with Crippen molar-refractivity contribution >= 4 is 11.8 Å². The summed E-state index contributed by atoms with van der Waals surface area (Å²) in [5.74, 6) is -2.06. The van der Waals surface area contributed by atoms with Crippen LogP contribution in [0.25, 0.3) is 0 Å². The molecule has 1 rings (SSSR count). The standard InChI is InChI=1S/C19H30N2O3/c1-2-3-4-5-9-12-17(22)21-19(24)16(18(20)23)14-13-15-10-7-6-8-11-15/h6-8,10-11,16-17,22H,2-5,9,12-14H2,1H3,(H2,20,23)(H,21,24). The maximum atomic E-state index is 12.2. The van der Waals surface area contributed by atoms with E-state index in [0.29, 0.717) is 19.3 Å². The van der Waals surface area contributed by atoms with Crippen molar-refractivity contribution in [2.24, 2.45) is 11.7 Å². The molecule has 134 valence electrons. The third-order valence-electron chi connectivity index (χ3n) is 4.11. The fourth-order valence-corrected chi connectivity index (χ4v) is 2.64. The van der Waals surface area contributed by atoms with Crippen molar-refractivity contribution in [3.8, 4) is 0 Å². The van der Waals surface area contributed by atoms with Gasteiger partial charge >= 0.3 is 0 Å². The molecule has 2 unspecified atom stereocenters. The predicted octanol–water partition coefficient (Wildman–Crippen LogP) is 2.52. The predicted molar refractivity (Wildman–Crippen MR) is 95.0 cm³/mol. The topological polar surface area (TPSA) is 92.4 Å². The molecule has 5 nitrogen and oxygen atoms in total. The molecule has 5 heteroatoms. The van der Waals surface area contributed by atoms with Gasteiger partial charge in [-0.2, -0.15) is 0 Å². The summed E-state index contributed by atoms with van der Waals surface area (Å²) in [5.41, 5.74) is 6.40. The van der Waals surface area contributed by atoms with Crippen LogP contribution in [0.1, 0.15) is 57.4 Å². The van der Waals surface area contributed by atoms with Gasteiger partial charge in [0.1, 0.15) is 12.1 Å². The Bertz CT molecular complexity index is 491. The number of unbranched alkanes of at least 4 members (excludes halogenated alkanes) is 4. The summed E-state index contributed by atoms with van der Waals surface area (Å²) in [5, 5.41) is 12.4. The Hall–Kier alpha value is -1.88. The maximum absolute atomic E-state index is 12.2. The van der Waals surface area contributed by atoms with Gasteiger partial charge in [0.2, 0.25) is 11.8 Å². The summed E-state index contributed by atoms with van der Waals surface area (Å²) in [4.78, 5) is 23.7. The minimum absolute atomic E-state index is 0.342. The second kappa shape index (κ2) is 11.6. The SMILES string of the molecule is CCCCCCCC(O)NC(=O)C(CCc1ccccc1)C(N)=O. The Morgan fingerprint density at radius 2 is 1.75 bits per heavy atom. The summed E-state index contributed by atoms with van der Waals surface area (Å²) < 4.78 is 0. The van der Waals surface area contributed by atoms with Crippen molar-refractivity contribution in [3.63, 3.8) is 0 Å². The van der Waals surface area contributed by atoms with E-state index in [1.165, 1.54) is 12.8 Å². The highest BCUT2D eigenvalue weighted by molar-refractivity contribution is 5.99. The van der Waals surface area contributed by atoms with Crippen LogP contribution >= 0.6 is 0 Å². The number of primary amides is 1. The molecule has 1 aromatic rings. The van der Waals surface area contributed by atoms with Gasteiger partial charge < -0.3 is 16.2 Å². The van der Waals surface area contributed by atoms with Crippen LogP contribution in [0.4, 0.5) is 0 Å². The molecule has 0 aliphatic carbocycles. The van der Waals surface area contributed by atoms with E-state index in [1.54, 1.807) is 0 Å². The van der Waals surface area contributed by atoms with E-state index in [9.17, 15) is 14.7 Å². The Labute approximate surface area is 144 Å². The molecule has 0 fully saturated rings. The highest BCUT2D eigenvalue weighted by Gasteiger charge is 2.25. The molecule has 0 aliphatic rings. The molecule has 0 heterocycles. The lowest BCUT2D eigenvalue weighted by atomic mass is 9.98. The number of nitrogens with one attached hydrogen (secondary N) is 1. The first-order valence-corrected chi connectivity index (χ1v) is 8.86. The van der Waals surface area contributed by atoms with Crippen molar-refractivity contribution in [2.45, 2.75) is 64.5 Å². The van der Waals surface area contributed by atoms with Gasteiger partial charge in [0.15, 0.2) is 0 Å². The fourth-order valence-electron chi connectivity index (χ4n) is 2.64. The number of carbonyl (C=O) groups is 2. The summed E-state index contributed by atoms with van der Waals surface area (Å²) in [6.07, 6.45) is 5.90. The van der Waals surface area contributed by atoms with Gasteiger partial charge in [-0.25, -0.2) is 0 Å². The van der Waals surface area contributed by atoms with Crippen LogP contribution in [0, 0.1) is 5.92 Å². The molecule has 0 aliphatic heterocycles. The third kappa shape index (κ3) is 8.11. The number of aliphatic hydroxyl groups excluding tert-OH is 1. The first-order valence-electron chi connectivity index (χ1n) is 8.86. The molecule has 2 amide bonds. The fraction of sp³-hybridized carbons (Fsp3) is 0.579. The van der Waals surface area contributed by atoms with E-state index in [2.05, 4.69) is 12.2 Å². The lowest BCUT2D eigenvalue weighted by molar-refractivity contribution is -0.135. The minimum atomic E-state index is -0.919. The van der Waals surface area contributed by atoms with Gasteiger partial charge in [0, 0.05) is 0 Å². The Kier molecular flexibility index (Phi) is 9.77. The monoisotopic (exact) mass is 334 g/mol. The van der Waals surface area contributed by atoms with Crippen molar-refractivity contribution in [1.29, 1.82) is 0 Å². The Balaban J connectivity index is 2.38. The molecule has 0 aromatic heterocycles. The Morgan fingerprint density at radius 3 is 2.38 bits per heavy atom. The van der Waals surface area contributed by atoms with Crippen LogP contribution in [-0.2, 0) is 16.0 Å². The van der Waals surface area contributed by atoms with Gasteiger partial charge in [0.05, 0.1) is 0 Å². The normalized spacial score (nSPS) is 13.2. The smallest absolute Gasteiger partial charge is 0.234 e. The largest absolute Gasteiger partial charge is 0.374 e. The highest BCUT2D eigenvalue weighted by atomic mass is 16.3. The number of hydrogen-bond acceptors (Lipinski definition) is 3. The molecule has 4 N–H and O–H groups in total. The van der Waals surface area contributed by atoms with E-state index < -0.39 is 24.0 Å². The molecule has 0 radical (unpaired) electrons. The van der Waals surface area contributed by atoms with Crippen molar-refractivity contribution in [1.82, 2.24) is 5.32 Å². The zero-order valence-electron chi connectivity index (χ0n) is 14.5. The quantitative estimate of drug-likeness (QED) is 0.311. The second-order valence-corrected chi connectivity index (χ2v) is 6.21. The van der Waals surface area contributed by atoms with Crippen molar-refractivity contribution < 1.29 is 14.7 Å². The first kappa shape index (κ1) is 20.2. The summed E-state index contributed by atoms with van der Waals surface area (Å²) in [6, 6.07) is 9.63. The van der Waals surface area contributed by atoms with Crippen LogP contribution in [0.2, 0.25) is 0 Å². The first-order chi connectivity index (χ1) is 11.5. The van der Waals surface area contributed by atoms with Crippen LogP contribution in [-0.4, -0.2) is 23.1 Å². The molecular weight excluding hydrogens is 304 g/mol. The average molecular weight is 334 g/mol. The van der Waals surface area contributed by atoms with Crippen molar-refractivity contribution in [2.75, 3.05) is 0 Å². The van der Waals surface area contributed by atoms with Gasteiger partial charge in [-0.05, 0) is 31.2 Å². The van der Waals surface area contributed by atoms with Crippen LogP contribution in [0.3, 0.4) is 0 Å². The van der Waals surface area contributed by atoms with Gasteiger partial charge in [-0.3, -0.25) is 9.59 Å². The lowest BCUT2D eigenvalue weighted by Crippen LogP contribution is -2.43. The molecule has 0 saturated heterocycles. The van der Waals surface area contributed by atoms with Crippen LogP contribution in [0.15, 0.2) is 30.3 Å². The molecule has 2 atom stereocenters. The number of benzene rings is 1. The van der Waals surface area contributed by atoms with Crippen LogP contribution < -0.4 is 11.1 Å². The van der Waals surface area contributed by atoms with Crippen LogP contribution in [0.5, 0.6) is 0 Å². The van der Waals surface area contributed by atoms with E-state index >= 15 is 0 Å². The molecular formula is C19H30N2O3. The third-order valence-corrected chi connectivity index (χ3v) is 4.11. The second-order valence-electron chi connectivity index (χ2n) is 6.21. The average Bonchev–Trinajstić information content (AvgIpc) is 2.55. The number of hydrogen-bond donors (Lipinski definition) is 3. The molecule has 24 heavy (non-hydrogen) atoms. The summed E-state index contributed by atoms with van der Waals surface area (Å²) in [7, 11) is 0. The van der Waals surface area contributed by atoms with Crippen molar-refractivity contribution in [3.05, 3.63) is 35.9 Å². The van der Waals surface area contributed by atoms with Gasteiger partial charge in [-0.1, -0.05) is 62.9 Å². The molecule has 0 bridgehead atoms. The number of rotatable bonds is 12. The molecule has 0 saturated carbocycles.